The van der Waals surface area contributed by atoms with Crippen molar-refractivity contribution in [2.45, 2.75) is 0 Å². The van der Waals surface area contributed by atoms with Gasteiger partial charge in [-0.1, -0.05) is 48.0 Å². The number of amides is 2. The number of aromatic hydroxyl groups is 1. The second-order valence-corrected chi connectivity index (χ2v) is 6.91. The van der Waals surface area contributed by atoms with E-state index in [-0.39, 0.29) is 22.6 Å². The molecule has 3 rings (SSSR count). The molecule has 7 heteroatoms. The van der Waals surface area contributed by atoms with E-state index < -0.39 is 0 Å². The van der Waals surface area contributed by atoms with Crippen molar-refractivity contribution in [2.24, 2.45) is 0 Å². The zero-order chi connectivity index (χ0) is 19.6. The Morgan fingerprint density at radius 2 is 1.63 bits per heavy atom. The van der Waals surface area contributed by atoms with E-state index in [4.69, 9.17) is 23.2 Å². The number of rotatable bonds is 3. The molecule has 0 aromatic heterocycles. The number of hydrogen-bond acceptors (Lipinski definition) is 3. The molecule has 0 unspecified atom stereocenters. The van der Waals surface area contributed by atoms with Crippen LogP contribution in [0.4, 0.5) is 0 Å². The van der Waals surface area contributed by atoms with Gasteiger partial charge in [-0.05, 0) is 24.3 Å². The second kappa shape index (κ2) is 8.03. The number of phenols is 1. The molecule has 0 saturated carbocycles. The Hall–Kier alpha value is -2.50. The molecule has 0 aliphatic carbocycles. The van der Waals surface area contributed by atoms with Gasteiger partial charge in [-0.2, -0.15) is 0 Å². The summed E-state index contributed by atoms with van der Waals surface area (Å²) in [4.78, 5) is 28.2. The van der Waals surface area contributed by atoms with Gasteiger partial charge in [0.1, 0.15) is 5.75 Å². The topological polar surface area (TPSA) is 60.9 Å². The molecule has 2 amide bonds. The average Bonchev–Trinajstić information content (AvgIpc) is 2.69. The van der Waals surface area contributed by atoms with E-state index >= 15 is 0 Å². The van der Waals surface area contributed by atoms with Crippen LogP contribution in [-0.2, 0) is 4.79 Å². The lowest BCUT2D eigenvalue weighted by Crippen LogP contribution is -2.50. The maximum atomic E-state index is 13.1. The van der Waals surface area contributed by atoms with E-state index in [1.54, 1.807) is 40.1 Å². The van der Waals surface area contributed by atoms with E-state index in [1.807, 2.05) is 0 Å². The van der Waals surface area contributed by atoms with Crippen molar-refractivity contribution in [3.8, 4) is 16.9 Å². The molecule has 1 aliphatic heterocycles. The fourth-order valence-electron chi connectivity index (χ4n) is 3.10. The highest BCUT2D eigenvalue weighted by Crippen LogP contribution is 2.40. The van der Waals surface area contributed by atoms with Crippen LogP contribution >= 0.6 is 23.2 Å². The highest BCUT2D eigenvalue weighted by atomic mass is 35.5. The van der Waals surface area contributed by atoms with Crippen LogP contribution in [0.2, 0.25) is 10.0 Å². The molecule has 0 spiro atoms. The Morgan fingerprint density at radius 1 is 1.00 bits per heavy atom. The van der Waals surface area contributed by atoms with Crippen molar-refractivity contribution in [2.75, 3.05) is 26.2 Å². The summed E-state index contributed by atoms with van der Waals surface area (Å²) in [5.41, 5.74) is 1.33. The van der Waals surface area contributed by atoms with Gasteiger partial charge in [0.05, 0.1) is 5.02 Å². The quantitative estimate of drug-likeness (QED) is 0.790. The number of hydrogen-bond donors (Lipinski definition) is 1. The number of halogens is 2. The smallest absolute Gasteiger partial charge is 0.254 e. The maximum absolute atomic E-state index is 13.1. The van der Waals surface area contributed by atoms with Crippen LogP contribution in [0.3, 0.4) is 0 Å². The Morgan fingerprint density at radius 3 is 2.26 bits per heavy atom. The lowest BCUT2D eigenvalue weighted by Gasteiger charge is -2.34. The molecule has 1 saturated heterocycles. The Balaban J connectivity index is 1.95. The molecule has 140 valence electrons. The molecule has 0 radical (unpaired) electrons. The van der Waals surface area contributed by atoms with Gasteiger partial charge in [0.15, 0.2) is 0 Å². The van der Waals surface area contributed by atoms with Gasteiger partial charge in [-0.15, -0.1) is 0 Å². The lowest BCUT2D eigenvalue weighted by molar-refractivity contribution is -0.127. The van der Waals surface area contributed by atoms with Crippen molar-refractivity contribution in [1.82, 2.24) is 9.80 Å². The zero-order valence-electron chi connectivity index (χ0n) is 14.5. The number of piperazine rings is 1. The second-order valence-electron chi connectivity index (χ2n) is 6.12. The SMILES string of the molecule is C=CC(=O)N1CCN(C(=O)c2ccc(O)c(Cl)c2-c2ccccc2Cl)CC1. The summed E-state index contributed by atoms with van der Waals surface area (Å²) >= 11 is 12.6. The van der Waals surface area contributed by atoms with Crippen molar-refractivity contribution in [3.05, 3.63) is 64.7 Å². The first-order valence-corrected chi connectivity index (χ1v) is 9.16. The fourth-order valence-corrected chi connectivity index (χ4v) is 3.60. The number of carbonyl (C=O) groups is 2. The van der Waals surface area contributed by atoms with Gasteiger partial charge in [-0.3, -0.25) is 9.59 Å². The molecule has 2 aromatic carbocycles. The predicted octanol–water partition coefficient (Wildman–Crippen LogP) is 3.84. The van der Waals surface area contributed by atoms with Crippen molar-refractivity contribution in [1.29, 1.82) is 0 Å². The first kappa shape index (κ1) is 19.3. The van der Waals surface area contributed by atoms with Crippen LogP contribution < -0.4 is 0 Å². The molecule has 1 heterocycles. The lowest BCUT2D eigenvalue weighted by atomic mass is 9.97. The number of carbonyl (C=O) groups excluding carboxylic acids is 2. The van der Waals surface area contributed by atoms with E-state index in [2.05, 4.69) is 6.58 Å². The molecule has 0 bridgehead atoms. The summed E-state index contributed by atoms with van der Waals surface area (Å²) < 4.78 is 0. The van der Waals surface area contributed by atoms with Crippen molar-refractivity contribution < 1.29 is 14.7 Å². The van der Waals surface area contributed by atoms with Gasteiger partial charge in [0.25, 0.3) is 5.91 Å². The van der Waals surface area contributed by atoms with E-state index in [1.165, 1.54) is 12.1 Å². The third kappa shape index (κ3) is 3.80. The summed E-state index contributed by atoms with van der Waals surface area (Å²) in [7, 11) is 0. The van der Waals surface area contributed by atoms with Gasteiger partial charge in [-0.25, -0.2) is 0 Å². The van der Waals surface area contributed by atoms with Gasteiger partial charge in [0.2, 0.25) is 5.91 Å². The summed E-state index contributed by atoms with van der Waals surface area (Å²) in [6, 6.07) is 9.96. The molecule has 1 aliphatic rings. The molecular formula is C20H18Cl2N2O3. The molecular weight excluding hydrogens is 387 g/mol. The van der Waals surface area contributed by atoms with Crippen LogP contribution in [-0.4, -0.2) is 52.9 Å². The number of phenolic OH excluding ortho intramolecular Hbond substituents is 1. The standard InChI is InChI=1S/C20H18Cl2N2O3/c1-2-17(26)23-9-11-24(12-10-23)20(27)14-7-8-16(25)19(22)18(14)13-5-3-4-6-15(13)21/h2-8,25H,1,9-12H2. The van der Waals surface area contributed by atoms with Gasteiger partial charge in [0, 0.05) is 47.9 Å². The largest absolute Gasteiger partial charge is 0.506 e. The van der Waals surface area contributed by atoms with Crippen LogP contribution in [0.15, 0.2) is 49.1 Å². The molecule has 5 nitrogen and oxygen atoms in total. The Kier molecular flexibility index (Phi) is 5.73. The predicted molar refractivity (Wildman–Crippen MR) is 106 cm³/mol. The Bertz CT molecular complexity index is 906. The Labute approximate surface area is 167 Å². The van der Waals surface area contributed by atoms with Crippen LogP contribution in [0, 0.1) is 0 Å². The summed E-state index contributed by atoms with van der Waals surface area (Å²) in [6.45, 7) is 5.16. The number of benzene rings is 2. The third-order valence-electron chi connectivity index (χ3n) is 4.55. The summed E-state index contributed by atoms with van der Waals surface area (Å²) in [5, 5.41) is 10.5. The summed E-state index contributed by atoms with van der Waals surface area (Å²) in [6.07, 6.45) is 1.27. The van der Waals surface area contributed by atoms with Crippen LogP contribution in [0.5, 0.6) is 5.75 Å². The van der Waals surface area contributed by atoms with Gasteiger partial charge < -0.3 is 14.9 Å². The highest BCUT2D eigenvalue weighted by molar-refractivity contribution is 6.38. The first-order chi connectivity index (χ1) is 12.9. The molecule has 27 heavy (non-hydrogen) atoms. The monoisotopic (exact) mass is 404 g/mol. The average molecular weight is 405 g/mol. The zero-order valence-corrected chi connectivity index (χ0v) is 16.0. The first-order valence-electron chi connectivity index (χ1n) is 8.41. The molecule has 0 atom stereocenters. The molecule has 1 N–H and O–H groups in total. The minimum Gasteiger partial charge on any atom is -0.506 e. The van der Waals surface area contributed by atoms with Crippen LogP contribution in [0.25, 0.3) is 11.1 Å². The van der Waals surface area contributed by atoms with E-state index in [0.717, 1.165) is 0 Å². The minimum absolute atomic E-state index is 0.0782. The van der Waals surface area contributed by atoms with E-state index in [9.17, 15) is 14.7 Å². The number of nitrogens with zero attached hydrogens (tertiary/aromatic N) is 2. The normalized spacial score (nSPS) is 14.1. The molecule has 1 fully saturated rings. The van der Waals surface area contributed by atoms with Crippen molar-refractivity contribution >= 4 is 35.0 Å². The molecule has 2 aromatic rings. The van der Waals surface area contributed by atoms with Crippen LogP contribution in [0.1, 0.15) is 10.4 Å². The maximum Gasteiger partial charge on any atom is 0.254 e. The van der Waals surface area contributed by atoms with E-state index in [0.29, 0.717) is 47.9 Å². The van der Waals surface area contributed by atoms with Crippen molar-refractivity contribution in [3.63, 3.8) is 0 Å². The minimum atomic E-state index is -0.225. The fraction of sp³-hybridized carbons (Fsp3) is 0.200. The van der Waals surface area contributed by atoms with Gasteiger partial charge >= 0.3 is 0 Å². The third-order valence-corrected chi connectivity index (χ3v) is 5.26. The summed E-state index contributed by atoms with van der Waals surface area (Å²) in [5.74, 6) is -0.492. The highest BCUT2D eigenvalue weighted by Gasteiger charge is 2.27.